The highest BCUT2D eigenvalue weighted by Gasteiger charge is 2.15. The highest BCUT2D eigenvalue weighted by molar-refractivity contribution is 9.11. The third-order valence-electron chi connectivity index (χ3n) is 2.07. The third-order valence-corrected chi connectivity index (χ3v) is 3.77. The van der Waals surface area contributed by atoms with E-state index in [1.54, 1.807) is 12.5 Å². The fourth-order valence-electron chi connectivity index (χ4n) is 1.31. The molecular formula is C11H7Br2ClO. The fraction of sp³-hybridized carbons (Fsp3) is 0.0909. The predicted molar refractivity (Wildman–Crippen MR) is 68.2 cm³/mol. The van der Waals surface area contributed by atoms with Crippen LogP contribution in [0.5, 0.6) is 0 Å². The van der Waals surface area contributed by atoms with Gasteiger partial charge < -0.3 is 4.42 Å². The van der Waals surface area contributed by atoms with Crippen LogP contribution in [-0.4, -0.2) is 0 Å². The molecule has 0 aliphatic heterocycles. The van der Waals surface area contributed by atoms with E-state index in [1.165, 1.54) is 0 Å². The van der Waals surface area contributed by atoms with Gasteiger partial charge in [-0.1, -0.05) is 31.9 Å². The van der Waals surface area contributed by atoms with Crippen molar-refractivity contribution in [1.29, 1.82) is 0 Å². The van der Waals surface area contributed by atoms with E-state index in [0.717, 1.165) is 20.1 Å². The van der Waals surface area contributed by atoms with Crippen LogP contribution in [-0.2, 0) is 0 Å². The molecule has 0 aliphatic rings. The third kappa shape index (κ3) is 2.47. The molecule has 2 rings (SSSR count). The fourth-order valence-corrected chi connectivity index (χ4v) is 2.60. The van der Waals surface area contributed by atoms with Crippen LogP contribution in [0.2, 0.25) is 0 Å². The van der Waals surface area contributed by atoms with E-state index in [1.807, 2.05) is 24.3 Å². The van der Waals surface area contributed by atoms with Crippen LogP contribution in [0.3, 0.4) is 0 Å². The summed E-state index contributed by atoms with van der Waals surface area (Å²) in [6, 6.07) is 7.79. The Morgan fingerprint density at radius 3 is 2.67 bits per heavy atom. The maximum absolute atomic E-state index is 6.34. The van der Waals surface area contributed by atoms with Gasteiger partial charge in [0.1, 0.15) is 0 Å². The molecule has 0 saturated heterocycles. The van der Waals surface area contributed by atoms with Crippen LogP contribution >= 0.6 is 43.5 Å². The lowest BCUT2D eigenvalue weighted by molar-refractivity contribution is 0.564. The molecule has 0 radical (unpaired) electrons. The molecule has 15 heavy (non-hydrogen) atoms. The Hall–Kier alpha value is -0.250. The number of hydrogen-bond acceptors (Lipinski definition) is 1. The van der Waals surface area contributed by atoms with Gasteiger partial charge in [0.05, 0.1) is 17.9 Å². The van der Waals surface area contributed by atoms with Crippen molar-refractivity contribution < 1.29 is 4.42 Å². The minimum atomic E-state index is -0.198. The quantitative estimate of drug-likeness (QED) is 0.684. The average Bonchev–Trinajstić information content (AvgIpc) is 2.74. The van der Waals surface area contributed by atoms with Gasteiger partial charge in [-0.05, 0) is 29.8 Å². The second kappa shape index (κ2) is 4.73. The molecule has 1 unspecified atom stereocenters. The van der Waals surface area contributed by atoms with E-state index < -0.39 is 0 Å². The standard InChI is InChI=1S/C11H7Br2ClO/c12-8-1-2-10(13)9(5-8)11(14)7-3-4-15-6-7/h1-6,11H. The summed E-state index contributed by atoms with van der Waals surface area (Å²) >= 11 is 13.2. The lowest BCUT2D eigenvalue weighted by atomic mass is 10.1. The monoisotopic (exact) mass is 348 g/mol. The predicted octanol–water partition coefficient (Wildman–Crippen LogP) is 5.13. The zero-order valence-corrected chi connectivity index (χ0v) is 11.5. The number of hydrogen-bond donors (Lipinski definition) is 0. The molecule has 4 heteroatoms. The molecule has 1 nitrogen and oxygen atoms in total. The number of halogens is 3. The minimum absolute atomic E-state index is 0.198. The summed E-state index contributed by atoms with van der Waals surface area (Å²) in [5.74, 6) is 0. The first-order valence-electron chi connectivity index (χ1n) is 4.29. The molecule has 2 aromatic rings. The van der Waals surface area contributed by atoms with Crippen molar-refractivity contribution in [3.8, 4) is 0 Å². The van der Waals surface area contributed by atoms with Crippen LogP contribution in [0, 0.1) is 0 Å². The smallest absolute Gasteiger partial charge is 0.0952 e. The van der Waals surface area contributed by atoms with E-state index in [9.17, 15) is 0 Å². The normalized spacial score (nSPS) is 12.7. The van der Waals surface area contributed by atoms with E-state index in [-0.39, 0.29) is 5.38 Å². The second-order valence-corrected chi connectivity index (χ2v) is 5.29. The highest BCUT2D eigenvalue weighted by Crippen LogP contribution is 2.35. The molecule has 0 fully saturated rings. The Morgan fingerprint density at radius 2 is 2.00 bits per heavy atom. The van der Waals surface area contributed by atoms with Crippen molar-refractivity contribution >= 4 is 43.5 Å². The van der Waals surface area contributed by atoms with Gasteiger partial charge in [-0.25, -0.2) is 0 Å². The summed E-state index contributed by atoms with van der Waals surface area (Å²) < 4.78 is 7.02. The Labute approximate surface area is 110 Å². The molecule has 1 aromatic carbocycles. The van der Waals surface area contributed by atoms with Gasteiger partial charge in [-0.2, -0.15) is 0 Å². The van der Waals surface area contributed by atoms with E-state index in [2.05, 4.69) is 31.9 Å². The maximum Gasteiger partial charge on any atom is 0.0952 e. The van der Waals surface area contributed by atoms with Crippen molar-refractivity contribution in [2.24, 2.45) is 0 Å². The largest absolute Gasteiger partial charge is 0.472 e. The van der Waals surface area contributed by atoms with Gasteiger partial charge in [0.2, 0.25) is 0 Å². The number of furan rings is 1. The summed E-state index contributed by atoms with van der Waals surface area (Å²) in [6.07, 6.45) is 3.28. The first-order chi connectivity index (χ1) is 7.18. The van der Waals surface area contributed by atoms with Gasteiger partial charge in [-0.3, -0.25) is 0 Å². The molecule has 0 amide bonds. The highest BCUT2D eigenvalue weighted by atomic mass is 79.9. The van der Waals surface area contributed by atoms with Crippen LogP contribution in [0.15, 0.2) is 50.2 Å². The van der Waals surface area contributed by atoms with Crippen molar-refractivity contribution in [3.63, 3.8) is 0 Å². The average molecular weight is 350 g/mol. The molecule has 1 heterocycles. The molecule has 0 spiro atoms. The number of benzene rings is 1. The van der Waals surface area contributed by atoms with E-state index in [0.29, 0.717) is 0 Å². The van der Waals surface area contributed by atoms with Crippen molar-refractivity contribution in [1.82, 2.24) is 0 Å². The zero-order chi connectivity index (χ0) is 10.8. The Kier molecular flexibility index (Phi) is 3.54. The molecule has 0 N–H and O–H groups in total. The summed E-state index contributed by atoms with van der Waals surface area (Å²) in [7, 11) is 0. The Morgan fingerprint density at radius 1 is 1.20 bits per heavy atom. The Bertz CT molecular complexity index is 454. The second-order valence-electron chi connectivity index (χ2n) is 3.09. The molecule has 0 saturated carbocycles. The molecule has 0 bridgehead atoms. The van der Waals surface area contributed by atoms with Crippen LogP contribution in [0.25, 0.3) is 0 Å². The zero-order valence-electron chi connectivity index (χ0n) is 7.58. The number of rotatable bonds is 2. The maximum atomic E-state index is 6.34. The van der Waals surface area contributed by atoms with Gasteiger partial charge in [0, 0.05) is 14.5 Å². The minimum Gasteiger partial charge on any atom is -0.472 e. The van der Waals surface area contributed by atoms with Crippen molar-refractivity contribution in [2.75, 3.05) is 0 Å². The summed E-state index contributed by atoms with van der Waals surface area (Å²) in [6.45, 7) is 0. The number of alkyl halides is 1. The first-order valence-corrected chi connectivity index (χ1v) is 6.32. The molecule has 1 aromatic heterocycles. The lowest BCUT2D eigenvalue weighted by Gasteiger charge is -2.10. The van der Waals surface area contributed by atoms with E-state index in [4.69, 9.17) is 16.0 Å². The van der Waals surface area contributed by atoms with Gasteiger partial charge in [-0.15, -0.1) is 11.6 Å². The van der Waals surface area contributed by atoms with Gasteiger partial charge in [0.15, 0.2) is 0 Å². The topological polar surface area (TPSA) is 13.1 Å². The first kappa shape index (κ1) is 11.2. The Balaban J connectivity index is 2.41. The summed E-state index contributed by atoms with van der Waals surface area (Å²) in [5, 5.41) is -0.198. The molecule has 1 atom stereocenters. The summed E-state index contributed by atoms with van der Waals surface area (Å²) in [4.78, 5) is 0. The lowest BCUT2D eigenvalue weighted by Crippen LogP contribution is -1.92. The van der Waals surface area contributed by atoms with E-state index >= 15 is 0 Å². The van der Waals surface area contributed by atoms with Gasteiger partial charge >= 0.3 is 0 Å². The van der Waals surface area contributed by atoms with Crippen LogP contribution < -0.4 is 0 Å². The molecular weight excluding hydrogens is 343 g/mol. The summed E-state index contributed by atoms with van der Waals surface area (Å²) in [5.41, 5.74) is 1.97. The molecule has 78 valence electrons. The SMILES string of the molecule is ClC(c1ccoc1)c1cc(Br)ccc1Br. The van der Waals surface area contributed by atoms with Gasteiger partial charge in [0.25, 0.3) is 0 Å². The van der Waals surface area contributed by atoms with Crippen molar-refractivity contribution in [2.45, 2.75) is 5.38 Å². The van der Waals surface area contributed by atoms with Crippen LogP contribution in [0.1, 0.15) is 16.5 Å². The van der Waals surface area contributed by atoms with Crippen LogP contribution in [0.4, 0.5) is 0 Å². The molecule has 0 aliphatic carbocycles. The van der Waals surface area contributed by atoms with Crippen molar-refractivity contribution in [3.05, 3.63) is 56.9 Å².